The summed E-state index contributed by atoms with van der Waals surface area (Å²) in [4.78, 5) is 10.9. The Morgan fingerprint density at radius 1 is 1.36 bits per heavy atom. The number of aryl methyl sites for hydroxylation is 2. The molecule has 0 atom stereocenters. The Kier molecular flexibility index (Phi) is 3.51. The summed E-state index contributed by atoms with van der Waals surface area (Å²) in [7, 11) is 1.61. The Morgan fingerprint density at radius 2 is 2.07 bits per heavy atom. The zero-order chi connectivity index (χ0) is 10.6. The van der Waals surface area contributed by atoms with Gasteiger partial charge in [0.15, 0.2) is 0 Å². The van der Waals surface area contributed by atoms with Crippen LogP contribution in [0.1, 0.15) is 16.7 Å². The first-order chi connectivity index (χ1) is 6.63. The van der Waals surface area contributed by atoms with Crippen molar-refractivity contribution in [2.75, 3.05) is 7.05 Å². The number of rotatable bonds is 2. The largest absolute Gasteiger partial charge is 0.341 e. The van der Waals surface area contributed by atoms with Crippen LogP contribution < -0.4 is 10.6 Å². The summed E-state index contributed by atoms with van der Waals surface area (Å²) < 4.78 is 0. The maximum Gasteiger partial charge on any atom is 0.314 e. The van der Waals surface area contributed by atoms with Crippen LogP contribution in [0.15, 0.2) is 18.2 Å². The van der Waals surface area contributed by atoms with E-state index in [4.69, 9.17) is 0 Å². The zero-order valence-corrected chi connectivity index (χ0v) is 8.85. The lowest BCUT2D eigenvalue weighted by molar-refractivity contribution is 0.242. The van der Waals surface area contributed by atoms with Gasteiger partial charge >= 0.3 is 6.03 Å². The first kappa shape index (κ1) is 10.6. The van der Waals surface area contributed by atoms with Crippen LogP contribution in [0.5, 0.6) is 0 Å². The predicted octanol–water partition coefficient (Wildman–Crippen LogP) is 1.73. The van der Waals surface area contributed by atoms with Gasteiger partial charge in [-0.3, -0.25) is 0 Å². The lowest BCUT2D eigenvalue weighted by atomic mass is 10.1. The van der Waals surface area contributed by atoms with Crippen molar-refractivity contribution >= 4 is 6.03 Å². The Bertz CT molecular complexity index is 334. The van der Waals surface area contributed by atoms with Crippen molar-refractivity contribution < 1.29 is 4.79 Å². The van der Waals surface area contributed by atoms with Crippen molar-refractivity contribution in [1.82, 2.24) is 10.6 Å². The molecule has 0 spiro atoms. The Morgan fingerprint density at radius 3 is 2.64 bits per heavy atom. The number of hydrogen-bond donors (Lipinski definition) is 2. The summed E-state index contributed by atoms with van der Waals surface area (Å²) in [6.07, 6.45) is 0. The average Bonchev–Trinajstić information content (AvgIpc) is 2.16. The molecule has 0 saturated carbocycles. The molecule has 14 heavy (non-hydrogen) atoms. The second-order valence-electron chi connectivity index (χ2n) is 3.36. The van der Waals surface area contributed by atoms with Crippen molar-refractivity contribution in [1.29, 1.82) is 0 Å². The molecule has 0 fully saturated rings. The highest BCUT2D eigenvalue weighted by atomic mass is 16.2. The smallest absolute Gasteiger partial charge is 0.314 e. The van der Waals surface area contributed by atoms with Crippen molar-refractivity contribution in [3.8, 4) is 0 Å². The van der Waals surface area contributed by atoms with Crippen molar-refractivity contribution in [3.63, 3.8) is 0 Å². The summed E-state index contributed by atoms with van der Waals surface area (Å²) in [5.41, 5.74) is 3.60. The Labute approximate surface area is 84.5 Å². The van der Waals surface area contributed by atoms with Gasteiger partial charge in [-0.05, 0) is 25.0 Å². The van der Waals surface area contributed by atoms with E-state index < -0.39 is 0 Å². The highest BCUT2D eigenvalue weighted by Gasteiger charge is 2.00. The fourth-order valence-electron chi connectivity index (χ4n) is 1.31. The van der Waals surface area contributed by atoms with Gasteiger partial charge in [0.05, 0.1) is 0 Å². The van der Waals surface area contributed by atoms with E-state index in [9.17, 15) is 4.79 Å². The lowest BCUT2D eigenvalue weighted by Gasteiger charge is -2.08. The minimum absolute atomic E-state index is 0.148. The Balaban J connectivity index is 2.63. The highest BCUT2D eigenvalue weighted by Crippen LogP contribution is 2.09. The van der Waals surface area contributed by atoms with Gasteiger partial charge in [0.2, 0.25) is 0 Å². The molecular formula is C11H16N2O. The molecule has 2 amide bonds. The number of amides is 2. The molecule has 0 aliphatic rings. The van der Waals surface area contributed by atoms with Gasteiger partial charge < -0.3 is 10.6 Å². The fourth-order valence-corrected chi connectivity index (χ4v) is 1.31. The molecule has 1 aromatic carbocycles. The monoisotopic (exact) mass is 192 g/mol. The summed E-state index contributed by atoms with van der Waals surface area (Å²) >= 11 is 0. The van der Waals surface area contributed by atoms with E-state index in [0.29, 0.717) is 6.54 Å². The molecule has 1 rings (SSSR count). The molecule has 3 heteroatoms. The van der Waals surface area contributed by atoms with Gasteiger partial charge in [0.1, 0.15) is 0 Å². The van der Waals surface area contributed by atoms with Crippen LogP contribution in [0.3, 0.4) is 0 Å². The molecule has 0 aromatic heterocycles. The van der Waals surface area contributed by atoms with E-state index in [2.05, 4.69) is 23.6 Å². The molecular weight excluding hydrogens is 176 g/mol. The number of urea groups is 1. The van der Waals surface area contributed by atoms with Gasteiger partial charge in [0, 0.05) is 13.6 Å². The molecule has 2 N–H and O–H groups in total. The third-order valence-electron chi connectivity index (χ3n) is 2.16. The minimum atomic E-state index is -0.148. The fraction of sp³-hybridized carbons (Fsp3) is 0.364. The summed E-state index contributed by atoms with van der Waals surface area (Å²) in [6, 6.07) is 6.06. The molecule has 0 saturated heterocycles. The number of nitrogens with one attached hydrogen (secondary N) is 2. The third-order valence-corrected chi connectivity index (χ3v) is 2.16. The molecule has 1 aromatic rings. The first-order valence-corrected chi connectivity index (χ1v) is 4.65. The topological polar surface area (TPSA) is 41.1 Å². The molecule has 3 nitrogen and oxygen atoms in total. The van der Waals surface area contributed by atoms with E-state index in [1.54, 1.807) is 7.05 Å². The van der Waals surface area contributed by atoms with Gasteiger partial charge in [-0.1, -0.05) is 23.8 Å². The maximum absolute atomic E-state index is 10.9. The average molecular weight is 192 g/mol. The van der Waals surface area contributed by atoms with Crippen LogP contribution in [-0.2, 0) is 6.54 Å². The SMILES string of the molecule is CNC(=O)NCc1ccc(C)cc1C. The second kappa shape index (κ2) is 4.65. The van der Waals surface area contributed by atoms with Gasteiger partial charge in [-0.15, -0.1) is 0 Å². The quantitative estimate of drug-likeness (QED) is 0.736. The zero-order valence-electron chi connectivity index (χ0n) is 8.85. The minimum Gasteiger partial charge on any atom is -0.341 e. The van der Waals surface area contributed by atoms with Crippen molar-refractivity contribution in [2.45, 2.75) is 20.4 Å². The summed E-state index contributed by atoms with van der Waals surface area (Å²) in [6.45, 7) is 4.68. The van der Waals surface area contributed by atoms with Crippen LogP contribution in [0.4, 0.5) is 4.79 Å². The van der Waals surface area contributed by atoms with Gasteiger partial charge in [0.25, 0.3) is 0 Å². The molecule has 0 unspecified atom stereocenters. The third kappa shape index (κ3) is 2.76. The van der Waals surface area contributed by atoms with E-state index in [-0.39, 0.29) is 6.03 Å². The van der Waals surface area contributed by atoms with E-state index in [0.717, 1.165) is 5.56 Å². The van der Waals surface area contributed by atoms with E-state index in [1.807, 2.05) is 19.1 Å². The molecule has 0 aliphatic heterocycles. The van der Waals surface area contributed by atoms with Crippen LogP contribution in [0.25, 0.3) is 0 Å². The van der Waals surface area contributed by atoms with Crippen LogP contribution in [0.2, 0.25) is 0 Å². The Hall–Kier alpha value is -1.51. The number of hydrogen-bond acceptors (Lipinski definition) is 1. The molecule has 76 valence electrons. The van der Waals surface area contributed by atoms with Gasteiger partial charge in [-0.2, -0.15) is 0 Å². The number of carbonyl (C=O) groups excluding carboxylic acids is 1. The predicted molar refractivity (Wildman–Crippen MR) is 57.2 cm³/mol. The van der Waals surface area contributed by atoms with Crippen LogP contribution >= 0.6 is 0 Å². The molecule has 0 bridgehead atoms. The van der Waals surface area contributed by atoms with Gasteiger partial charge in [-0.25, -0.2) is 4.79 Å². The summed E-state index contributed by atoms with van der Waals surface area (Å²) in [5, 5.41) is 5.27. The molecule has 0 aliphatic carbocycles. The summed E-state index contributed by atoms with van der Waals surface area (Å²) in [5.74, 6) is 0. The van der Waals surface area contributed by atoms with E-state index >= 15 is 0 Å². The van der Waals surface area contributed by atoms with E-state index in [1.165, 1.54) is 11.1 Å². The number of carbonyl (C=O) groups is 1. The van der Waals surface area contributed by atoms with Crippen LogP contribution in [-0.4, -0.2) is 13.1 Å². The lowest BCUT2D eigenvalue weighted by Crippen LogP contribution is -2.32. The van der Waals surface area contributed by atoms with Crippen molar-refractivity contribution in [2.24, 2.45) is 0 Å². The molecule has 0 radical (unpaired) electrons. The highest BCUT2D eigenvalue weighted by molar-refractivity contribution is 5.73. The first-order valence-electron chi connectivity index (χ1n) is 4.65. The maximum atomic E-state index is 10.9. The van der Waals surface area contributed by atoms with Crippen molar-refractivity contribution in [3.05, 3.63) is 34.9 Å². The standard InChI is InChI=1S/C11H16N2O/c1-8-4-5-10(9(2)6-8)7-13-11(14)12-3/h4-6H,7H2,1-3H3,(H2,12,13,14). The second-order valence-corrected chi connectivity index (χ2v) is 3.36. The molecule has 0 heterocycles. The number of benzene rings is 1. The normalized spacial score (nSPS) is 9.64. The van der Waals surface area contributed by atoms with Crippen LogP contribution in [0, 0.1) is 13.8 Å².